The van der Waals surface area contributed by atoms with E-state index in [9.17, 15) is 0 Å². The maximum Gasteiger partial charge on any atom is 0.0402 e. The lowest BCUT2D eigenvalue weighted by atomic mass is 10.1. The minimum atomic E-state index is 0.259. The van der Waals surface area contributed by atoms with Crippen LogP contribution >= 0.6 is 0 Å². The van der Waals surface area contributed by atoms with Crippen LogP contribution in [-0.4, -0.2) is 24.7 Å². The van der Waals surface area contributed by atoms with Gasteiger partial charge in [0.2, 0.25) is 0 Å². The zero-order valence-electron chi connectivity index (χ0n) is 14.3. The highest BCUT2D eigenvalue weighted by Crippen LogP contribution is 2.31. The van der Waals surface area contributed by atoms with Crippen molar-refractivity contribution in [1.82, 2.24) is 5.32 Å². The third kappa shape index (κ3) is 5.03. The minimum absolute atomic E-state index is 0.259. The molecule has 1 heterocycles. The summed E-state index contributed by atoms with van der Waals surface area (Å²) in [7, 11) is 0. The summed E-state index contributed by atoms with van der Waals surface area (Å²) in [6, 6.07) is 9.57. The van der Waals surface area contributed by atoms with Crippen LogP contribution in [-0.2, 0) is 6.42 Å². The number of nitrogens with zero attached hydrogens (tertiary/aromatic N) is 1. The second-order valence-electron chi connectivity index (χ2n) is 7.47. The van der Waals surface area contributed by atoms with E-state index in [1.54, 1.807) is 0 Å². The number of benzene rings is 1. The first-order valence-electron chi connectivity index (χ1n) is 8.57. The van der Waals surface area contributed by atoms with E-state index in [2.05, 4.69) is 62.2 Å². The summed E-state index contributed by atoms with van der Waals surface area (Å²) in [6.07, 6.45) is 6.51. The fourth-order valence-electron chi connectivity index (χ4n) is 3.19. The second-order valence-corrected chi connectivity index (χ2v) is 7.47. The Hall–Kier alpha value is -1.02. The quantitative estimate of drug-likeness (QED) is 0.749. The van der Waals surface area contributed by atoms with Gasteiger partial charge in [0.1, 0.15) is 0 Å². The molecule has 0 bridgehead atoms. The topological polar surface area (TPSA) is 15.3 Å². The van der Waals surface area contributed by atoms with Crippen molar-refractivity contribution in [3.05, 3.63) is 29.8 Å². The van der Waals surface area contributed by atoms with Gasteiger partial charge in [0.15, 0.2) is 0 Å². The molecular weight excluding hydrogens is 256 g/mol. The SMILES string of the molecule is CC1Cc2ccccc2N1CCCCCCNC(C)(C)C. The fraction of sp³-hybridized carbons (Fsp3) is 0.684. The molecule has 0 amide bonds. The Kier molecular flexibility index (Phi) is 5.69. The number of rotatable bonds is 7. The molecule has 2 rings (SSSR count). The largest absolute Gasteiger partial charge is 0.368 e. The van der Waals surface area contributed by atoms with E-state index in [0.29, 0.717) is 6.04 Å². The Morgan fingerprint density at radius 1 is 1.10 bits per heavy atom. The Bertz CT molecular complexity index is 433. The predicted octanol–water partition coefficient (Wildman–Crippen LogP) is 4.39. The van der Waals surface area contributed by atoms with Crippen LogP contribution in [0.2, 0.25) is 0 Å². The predicted molar refractivity (Wildman–Crippen MR) is 93.2 cm³/mol. The van der Waals surface area contributed by atoms with E-state index >= 15 is 0 Å². The molecule has 0 fully saturated rings. The molecule has 21 heavy (non-hydrogen) atoms. The van der Waals surface area contributed by atoms with Crippen LogP contribution in [0.25, 0.3) is 0 Å². The zero-order valence-corrected chi connectivity index (χ0v) is 14.3. The van der Waals surface area contributed by atoms with Gasteiger partial charge in [0.25, 0.3) is 0 Å². The van der Waals surface area contributed by atoms with E-state index < -0.39 is 0 Å². The van der Waals surface area contributed by atoms with Crippen LogP contribution in [0, 0.1) is 0 Å². The van der Waals surface area contributed by atoms with Gasteiger partial charge in [-0.3, -0.25) is 0 Å². The molecule has 0 spiro atoms. The Morgan fingerprint density at radius 2 is 1.81 bits per heavy atom. The van der Waals surface area contributed by atoms with Crippen LogP contribution in [0.3, 0.4) is 0 Å². The van der Waals surface area contributed by atoms with E-state index in [-0.39, 0.29) is 5.54 Å². The van der Waals surface area contributed by atoms with Crippen molar-refractivity contribution in [2.75, 3.05) is 18.0 Å². The second kappa shape index (κ2) is 7.31. The Labute approximate surface area is 130 Å². The number of nitrogens with one attached hydrogen (secondary N) is 1. The van der Waals surface area contributed by atoms with Gasteiger partial charge in [-0.25, -0.2) is 0 Å². The van der Waals surface area contributed by atoms with E-state index in [0.717, 1.165) is 6.54 Å². The molecule has 1 aromatic carbocycles. The van der Waals surface area contributed by atoms with Crippen molar-refractivity contribution in [2.45, 2.75) is 71.4 Å². The molecule has 0 radical (unpaired) electrons. The molecule has 0 saturated heterocycles. The van der Waals surface area contributed by atoms with Gasteiger partial charge in [0.05, 0.1) is 0 Å². The summed E-state index contributed by atoms with van der Waals surface area (Å²) in [4.78, 5) is 2.60. The highest BCUT2D eigenvalue weighted by atomic mass is 15.2. The molecule has 1 N–H and O–H groups in total. The standard InChI is InChI=1S/C19H32N2/c1-16-15-17-11-7-8-12-18(17)21(16)14-10-6-5-9-13-20-19(2,3)4/h7-8,11-12,16,20H,5-6,9-10,13-15H2,1-4H3. The lowest BCUT2D eigenvalue weighted by molar-refractivity contribution is 0.416. The van der Waals surface area contributed by atoms with Gasteiger partial charge >= 0.3 is 0 Å². The maximum atomic E-state index is 3.56. The zero-order chi connectivity index (χ0) is 15.3. The first kappa shape index (κ1) is 16.4. The number of para-hydroxylation sites is 1. The van der Waals surface area contributed by atoms with Gasteiger partial charge in [-0.2, -0.15) is 0 Å². The molecule has 0 aromatic heterocycles. The van der Waals surface area contributed by atoms with E-state index in [4.69, 9.17) is 0 Å². The van der Waals surface area contributed by atoms with Crippen LogP contribution in [0.4, 0.5) is 5.69 Å². The first-order chi connectivity index (χ1) is 9.97. The summed E-state index contributed by atoms with van der Waals surface area (Å²) in [6.45, 7) is 11.4. The number of anilines is 1. The number of hydrogen-bond acceptors (Lipinski definition) is 2. The molecule has 1 aliphatic heterocycles. The molecule has 1 atom stereocenters. The molecule has 0 aliphatic carbocycles. The lowest BCUT2D eigenvalue weighted by Gasteiger charge is -2.25. The summed E-state index contributed by atoms with van der Waals surface area (Å²) in [5.41, 5.74) is 3.26. The molecule has 118 valence electrons. The monoisotopic (exact) mass is 288 g/mol. The highest BCUT2D eigenvalue weighted by Gasteiger charge is 2.24. The molecule has 1 unspecified atom stereocenters. The Balaban J connectivity index is 1.63. The highest BCUT2D eigenvalue weighted by molar-refractivity contribution is 5.59. The van der Waals surface area contributed by atoms with E-state index in [1.807, 2.05) is 0 Å². The van der Waals surface area contributed by atoms with Crippen molar-refractivity contribution in [3.8, 4) is 0 Å². The van der Waals surface area contributed by atoms with Crippen molar-refractivity contribution in [3.63, 3.8) is 0 Å². The van der Waals surface area contributed by atoms with E-state index in [1.165, 1.54) is 49.9 Å². The summed E-state index contributed by atoms with van der Waals surface area (Å²) >= 11 is 0. The van der Waals surface area contributed by atoms with Crippen LogP contribution in [0.15, 0.2) is 24.3 Å². The molecular formula is C19H32N2. The Morgan fingerprint density at radius 3 is 2.57 bits per heavy atom. The number of hydrogen-bond donors (Lipinski definition) is 1. The number of fused-ring (bicyclic) bond motifs is 1. The summed E-state index contributed by atoms with van der Waals surface area (Å²) < 4.78 is 0. The van der Waals surface area contributed by atoms with Crippen molar-refractivity contribution in [2.24, 2.45) is 0 Å². The fourth-order valence-corrected chi connectivity index (χ4v) is 3.19. The van der Waals surface area contributed by atoms with Gasteiger partial charge in [0, 0.05) is 23.8 Å². The van der Waals surface area contributed by atoms with Gasteiger partial charge < -0.3 is 10.2 Å². The molecule has 1 aromatic rings. The normalized spacial score (nSPS) is 18.1. The molecule has 2 nitrogen and oxygen atoms in total. The number of unbranched alkanes of at least 4 members (excludes halogenated alkanes) is 3. The van der Waals surface area contributed by atoms with Gasteiger partial charge in [-0.15, -0.1) is 0 Å². The average molecular weight is 288 g/mol. The van der Waals surface area contributed by atoms with Crippen LogP contribution in [0.5, 0.6) is 0 Å². The lowest BCUT2D eigenvalue weighted by Crippen LogP contribution is -2.36. The smallest absolute Gasteiger partial charge is 0.0402 e. The third-order valence-corrected chi connectivity index (χ3v) is 4.33. The third-order valence-electron chi connectivity index (χ3n) is 4.33. The average Bonchev–Trinajstić information content (AvgIpc) is 2.72. The van der Waals surface area contributed by atoms with Crippen LogP contribution < -0.4 is 10.2 Å². The van der Waals surface area contributed by atoms with Crippen molar-refractivity contribution < 1.29 is 0 Å². The van der Waals surface area contributed by atoms with Gasteiger partial charge in [-0.1, -0.05) is 31.0 Å². The van der Waals surface area contributed by atoms with Crippen molar-refractivity contribution in [1.29, 1.82) is 0 Å². The maximum absolute atomic E-state index is 3.56. The summed E-state index contributed by atoms with van der Waals surface area (Å²) in [5.74, 6) is 0. The van der Waals surface area contributed by atoms with Gasteiger partial charge in [-0.05, 0) is 65.1 Å². The minimum Gasteiger partial charge on any atom is -0.368 e. The first-order valence-corrected chi connectivity index (χ1v) is 8.57. The molecule has 0 saturated carbocycles. The molecule has 1 aliphatic rings. The molecule has 2 heteroatoms. The van der Waals surface area contributed by atoms with Crippen molar-refractivity contribution >= 4 is 5.69 Å². The van der Waals surface area contributed by atoms with Crippen LogP contribution in [0.1, 0.15) is 58.9 Å². The summed E-state index contributed by atoms with van der Waals surface area (Å²) in [5, 5.41) is 3.56.